The van der Waals surface area contributed by atoms with Crippen LogP contribution in [0.15, 0.2) is 30.3 Å². The summed E-state index contributed by atoms with van der Waals surface area (Å²) in [5.41, 5.74) is 7.12. The maximum Gasteiger partial charge on any atom is 0.0796 e. The SMILES string of the molecule is O.O.[NH-]C(=O)c1ccccc1.[Y].[Y]. The van der Waals surface area contributed by atoms with E-state index in [4.69, 9.17) is 5.73 Å². The summed E-state index contributed by atoms with van der Waals surface area (Å²) in [4.78, 5) is 10.3. The van der Waals surface area contributed by atoms with Crippen LogP contribution >= 0.6 is 0 Å². The Morgan fingerprint density at radius 1 is 1.00 bits per heavy atom. The molecular formula is C7H10NO3Y2-. The first-order chi connectivity index (χ1) is 4.30. The van der Waals surface area contributed by atoms with Crippen LogP contribution in [0.4, 0.5) is 0 Å². The van der Waals surface area contributed by atoms with E-state index >= 15 is 0 Å². The van der Waals surface area contributed by atoms with Crippen molar-refractivity contribution in [3.05, 3.63) is 41.6 Å². The molecule has 0 spiro atoms. The van der Waals surface area contributed by atoms with Crippen LogP contribution in [-0.2, 0) is 65.4 Å². The third-order valence-electron chi connectivity index (χ3n) is 1.04. The molecule has 2 radical (unpaired) electrons. The van der Waals surface area contributed by atoms with E-state index in [-0.39, 0.29) is 76.4 Å². The smallest absolute Gasteiger partial charge is 0.0796 e. The first-order valence-corrected chi connectivity index (χ1v) is 2.61. The van der Waals surface area contributed by atoms with E-state index in [9.17, 15) is 4.79 Å². The molecule has 1 aromatic carbocycles. The molecule has 1 rings (SSSR count). The van der Waals surface area contributed by atoms with Crippen LogP contribution < -0.4 is 0 Å². The number of hydrogen-bond donors (Lipinski definition) is 0. The van der Waals surface area contributed by atoms with Crippen molar-refractivity contribution in [3.63, 3.8) is 0 Å². The molecule has 0 aliphatic heterocycles. The van der Waals surface area contributed by atoms with Crippen molar-refractivity contribution >= 4 is 5.91 Å². The van der Waals surface area contributed by atoms with Crippen LogP contribution in [0.5, 0.6) is 0 Å². The van der Waals surface area contributed by atoms with Gasteiger partial charge in [0.15, 0.2) is 0 Å². The number of benzene rings is 1. The Bertz CT molecular complexity index is 218. The molecule has 1 amide bonds. The molecule has 0 saturated heterocycles. The zero-order valence-electron chi connectivity index (χ0n) is 6.95. The van der Waals surface area contributed by atoms with Gasteiger partial charge in [0.2, 0.25) is 0 Å². The van der Waals surface area contributed by atoms with Crippen molar-refractivity contribution in [2.24, 2.45) is 0 Å². The van der Waals surface area contributed by atoms with Crippen LogP contribution in [0.1, 0.15) is 10.4 Å². The van der Waals surface area contributed by atoms with E-state index in [0.717, 1.165) is 0 Å². The third kappa shape index (κ3) is 9.13. The Morgan fingerprint density at radius 3 is 1.62 bits per heavy atom. The average molecular weight is 334 g/mol. The largest absolute Gasteiger partial charge is 0.664 e. The maximum absolute atomic E-state index is 10.3. The van der Waals surface area contributed by atoms with Gasteiger partial charge in [-0.1, -0.05) is 30.3 Å². The minimum atomic E-state index is -0.629. The minimum Gasteiger partial charge on any atom is -0.664 e. The molecule has 5 N–H and O–H groups in total. The van der Waals surface area contributed by atoms with Gasteiger partial charge in [-0.15, -0.1) is 0 Å². The van der Waals surface area contributed by atoms with Gasteiger partial charge < -0.3 is 21.5 Å². The molecule has 0 aromatic heterocycles. The molecule has 13 heavy (non-hydrogen) atoms. The van der Waals surface area contributed by atoms with Crippen molar-refractivity contribution in [3.8, 4) is 0 Å². The van der Waals surface area contributed by atoms with Crippen LogP contribution in [0.3, 0.4) is 0 Å². The van der Waals surface area contributed by atoms with Gasteiger partial charge in [-0.2, -0.15) is 0 Å². The van der Waals surface area contributed by atoms with Gasteiger partial charge in [0.25, 0.3) is 0 Å². The molecule has 0 atom stereocenters. The second-order valence-corrected chi connectivity index (χ2v) is 1.70. The van der Waals surface area contributed by atoms with Crippen molar-refractivity contribution in [2.45, 2.75) is 0 Å². The molecule has 6 heteroatoms. The molecule has 0 saturated carbocycles. The Labute approximate surface area is 127 Å². The summed E-state index contributed by atoms with van der Waals surface area (Å²) in [6, 6.07) is 8.53. The first kappa shape index (κ1) is 23.6. The van der Waals surface area contributed by atoms with Gasteiger partial charge in [-0.05, 0) is 5.56 Å². The second kappa shape index (κ2) is 12.8. The topological polar surface area (TPSA) is 104 Å². The standard InChI is InChI=1S/C7H7NO.2H2O.2Y/c8-7(9)6-4-2-1-3-5-6;;;;/h1-5H,(H2,8,9);2*1H2;;/p-1. The van der Waals surface area contributed by atoms with Crippen molar-refractivity contribution in [2.75, 3.05) is 0 Å². The number of carbonyl (C=O) groups excluding carboxylic acids is 1. The van der Waals surface area contributed by atoms with E-state index in [1.54, 1.807) is 24.3 Å². The number of amides is 1. The molecule has 0 aliphatic rings. The van der Waals surface area contributed by atoms with Gasteiger partial charge in [0.05, 0.1) is 5.91 Å². The van der Waals surface area contributed by atoms with Gasteiger partial charge in [0, 0.05) is 65.4 Å². The molecule has 0 aliphatic carbocycles. The fraction of sp³-hybridized carbons (Fsp3) is 0. The molecule has 0 fully saturated rings. The quantitative estimate of drug-likeness (QED) is 0.720. The van der Waals surface area contributed by atoms with Gasteiger partial charge >= 0.3 is 0 Å². The zero-order valence-corrected chi connectivity index (χ0v) is 12.6. The third-order valence-corrected chi connectivity index (χ3v) is 1.04. The fourth-order valence-electron chi connectivity index (χ4n) is 0.590. The number of rotatable bonds is 1. The molecular weight excluding hydrogens is 324 g/mol. The van der Waals surface area contributed by atoms with Crippen LogP contribution in [0, 0.1) is 0 Å². The van der Waals surface area contributed by atoms with E-state index in [0.29, 0.717) is 5.56 Å². The maximum atomic E-state index is 10.3. The zero-order chi connectivity index (χ0) is 6.69. The summed E-state index contributed by atoms with van der Waals surface area (Å²) >= 11 is 0. The van der Waals surface area contributed by atoms with Gasteiger partial charge in [0.1, 0.15) is 0 Å². The summed E-state index contributed by atoms with van der Waals surface area (Å²) in [6.07, 6.45) is 0. The first-order valence-electron chi connectivity index (χ1n) is 2.61. The normalized spacial score (nSPS) is 6.15. The van der Waals surface area contributed by atoms with E-state index in [1.165, 1.54) is 0 Å². The minimum absolute atomic E-state index is 0. The van der Waals surface area contributed by atoms with Crippen molar-refractivity contribution in [1.29, 1.82) is 0 Å². The monoisotopic (exact) mass is 334 g/mol. The van der Waals surface area contributed by atoms with E-state index < -0.39 is 5.91 Å². The Hall–Kier alpha value is 0.818. The van der Waals surface area contributed by atoms with Crippen LogP contribution in [-0.4, -0.2) is 16.9 Å². The molecule has 0 heterocycles. The summed E-state index contributed by atoms with van der Waals surface area (Å²) < 4.78 is 0. The van der Waals surface area contributed by atoms with E-state index in [1.807, 2.05) is 6.07 Å². The predicted molar refractivity (Wildman–Crippen MR) is 42.3 cm³/mol. The van der Waals surface area contributed by atoms with Crippen molar-refractivity contribution in [1.82, 2.24) is 0 Å². The van der Waals surface area contributed by atoms with Gasteiger partial charge in [-0.3, -0.25) is 0 Å². The summed E-state index contributed by atoms with van der Waals surface area (Å²) in [5.74, 6) is -0.629. The summed E-state index contributed by atoms with van der Waals surface area (Å²) in [6.45, 7) is 0. The van der Waals surface area contributed by atoms with Crippen molar-refractivity contribution < 1.29 is 81.2 Å². The fourth-order valence-corrected chi connectivity index (χ4v) is 0.590. The summed E-state index contributed by atoms with van der Waals surface area (Å²) in [7, 11) is 0. The molecule has 4 nitrogen and oxygen atoms in total. The molecule has 68 valence electrons. The average Bonchev–Trinajstić information content (AvgIpc) is 1.90. The molecule has 1 aromatic rings. The molecule has 0 bridgehead atoms. The second-order valence-electron chi connectivity index (χ2n) is 1.70. The predicted octanol–water partition coefficient (Wildman–Crippen LogP) is 0.225. The molecule has 0 unspecified atom stereocenters. The Morgan fingerprint density at radius 2 is 1.38 bits per heavy atom. The van der Waals surface area contributed by atoms with Crippen LogP contribution in [0.2, 0.25) is 0 Å². The summed E-state index contributed by atoms with van der Waals surface area (Å²) in [5, 5.41) is 0. The van der Waals surface area contributed by atoms with E-state index in [2.05, 4.69) is 0 Å². The Kier molecular flexibility index (Phi) is 23.2. The number of carbonyl (C=O) groups is 1. The number of nitrogens with one attached hydrogen (secondary N) is 1. The Balaban J connectivity index is -0.000000101. The van der Waals surface area contributed by atoms with Gasteiger partial charge in [-0.25, -0.2) is 0 Å². The van der Waals surface area contributed by atoms with Crippen LogP contribution in [0.25, 0.3) is 5.73 Å². The number of hydrogen-bond acceptors (Lipinski definition) is 1.